The van der Waals surface area contributed by atoms with Crippen LogP contribution < -0.4 is 5.43 Å². The molecule has 152 valence electrons. The Bertz CT molecular complexity index is 732. The van der Waals surface area contributed by atoms with Crippen molar-refractivity contribution in [1.29, 1.82) is 0 Å². The molecule has 0 unspecified atom stereocenters. The van der Waals surface area contributed by atoms with Gasteiger partial charge in [0.25, 0.3) is 0 Å². The first-order valence-corrected chi connectivity index (χ1v) is 9.34. The van der Waals surface area contributed by atoms with Gasteiger partial charge in [0.1, 0.15) is 5.60 Å². The second-order valence-electron chi connectivity index (χ2n) is 7.96. The van der Waals surface area contributed by atoms with Crippen LogP contribution in [0.3, 0.4) is 0 Å². The fourth-order valence-corrected chi connectivity index (χ4v) is 3.28. The zero-order chi connectivity index (χ0) is 20.9. The molecule has 7 heteroatoms. The molecular weight excluding hydrogens is 358 g/mol. The molecule has 1 aromatic rings. The summed E-state index contributed by atoms with van der Waals surface area (Å²) in [5.41, 5.74) is 2.02. The molecule has 1 aromatic carbocycles. The van der Waals surface area contributed by atoms with Gasteiger partial charge in [-0.1, -0.05) is 36.9 Å². The molecule has 28 heavy (non-hydrogen) atoms. The molecule has 1 saturated heterocycles. The molecule has 1 heterocycles. The minimum absolute atomic E-state index is 0.145. The Kier molecular flexibility index (Phi) is 6.48. The summed E-state index contributed by atoms with van der Waals surface area (Å²) in [5.74, 6) is -0.439. The Morgan fingerprint density at radius 2 is 1.75 bits per heavy atom. The van der Waals surface area contributed by atoms with Crippen LogP contribution in [-0.4, -0.2) is 53.6 Å². The molecule has 1 aliphatic rings. The first-order valence-electron chi connectivity index (χ1n) is 9.34. The Hall–Kier alpha value is -2.83. The van der Waals surface area contributed by atoms with E-state index in [-0.39, 0.29) is 11.8 Å². The number of carbonyl (C=O) groups excluding carboxylic acids is 3. The van der Waals surface area contributed by atoms with Crippen LogP contribution >= 0.6 is 0 Å². The molecule has 3 amide bonds. The van der Waals surface area contributed by atoms with Crippen molar-refractivity contribution in [2.75, 3.05) is 20.1 Å². The molecular formula is C21H29N3O4. The van der Waals surface area contributed by atoms with Gasteiger partial charge < -0.3 is 9.64 Å². The molecule has 2 rings (SSSR count). The van der Waals surface area contributed by atoms with Gasteiger partial charge in [-0.25, -0.2) is 9.80 Å². The molecule has 0 atom stereocenters. The summed E-state index contributed by atoms with van der Waals surface area (Å²) in [6, 6.07) is 9.45. The van der Waals surface area contributed by atoms with Gasteiger partial charge in [-0.2, -0.15) is 0 Å². The van der Waals surface area contributed by atoms with E-state index in [4.69, 9.17) is 4.74 Å². The number of ether oxygens (including phenoxy) is 1. The zero-order valence-electron chi connectivity index (χ0n) is 17.0. The molecule has 1 aliphatic heterocycles. The number of hydrogen-bond donors (Lipinski definition) is 1. The molecule has 0 spiro atoms. The van der Waals surface area contributed by atoms with Crippen molar-refractivity contribution in [2.24, 2.45) is 0 Å². The van der Waals surface area contributed by atoms with Crippen LogP contribution in [0.15, 0.2) is 43.0 Å². The predicted molar refractivity (Wildman–Crippen MR) is 106 cm³/mol. The number of hydrazine groups is 1. The maximum atomic E-state index is 13.3. The monoisotopic (exact) mass is 387 g/mol. The average molecular weight is 387 g/mol. The van der Waals surface area contributed by atoms with Gasteiger partial charge in [0.2, 0.25) is 11.8 Å². The summed E-state index contributed by atoms with van der Waals surface area (Å²) in [5, 5.41) is 1.07. The number of rotatable bonds is 3. The highest BCUT2D eigenvalue weighted by Crippen LogP contribution is 2.36. The Labute approximate surface area is 166 Å². The van der Waals surface area contributed by atoms with Gasteiger partial charge >= 0.3 is 6.09 Å². The standard InChI is InChI=1S/C21H29N3O4/c1-6-17(25)24-14-12-21(13-15-24,16-10-8-7-9-11-16)18(26)22-23(5)19(27)28-20(2,3)4/h6-11H,1,12-15H2,2-5H3,(H,22,26). The maximum absolute atomic E-state index is 13.3. The second kappa shape index (κ2) is 8.46. The second-order valence-corrected chi connectivity index (χ2v) is 7.96. The van der Waals surface area contributed by atoms with Crippen molar-refractivity contribution >= 4 is 17.9 Å². The van der Waals surface area contributed by atoms with Crippen LogP contribution in [0.5, 0.6) is 0 Å². The van der Waals surface area contributed by atoms with Crippen molar-refractivity contribution in [3.8, 4) is 0 Å². The molecule has 0 aromatic heterocycles. The molecule has 0 bridgehead atoms. The molecule has 0 saturated carbocycles. The number of hydrogen-bond acceptors (Lipinski definition) is 4. The lowest BCUT2D eigenvalue weighted by molar-refractivity contribution is -0.136. The average Bonchev–Trinajstić information content (AvgIpc) is 2.66. The van der Waals surface area contributed by atoms with Gasteiger partial charge in [0.15, 0.2) is 0 Å². The highest BCUT2D eigenvalue weighted by molar-refractivity contribution is 5.91. The van der Waals surface area contributed by atoms with E-state index in [9.17, 15) is 14.4 Å². The lowest BCUT2D eigenvalue weighted by Crippen LogP contribution is -2.57. The highest BCUT2D eigenvalue weighted by atomic mass is 16.6. The van der Waals surface area contributed by atoms with E-state index in [0.29, 0.717) is 25.9 Å². The number of likely N-dealkylation sites (tertiary alicyclic amines) is 1. The first kappa shape index (κ1) is 21.5. The summed E-state index contributed by atoms with van der Waals surface area (Å²) < 4.78 is 5.30. The number of piperidine rings is 1. The van der Waals surface area contributed by atoms with E-state index in [1.807, 2.05) is 30.3 Å². The number of nitrogens with zero attached hydrogens (tertiary/aromatic N) is 2. The number of benzene rings is 1. The normalized spacial score (nSPS) is 16.1. The van der Waals surface area contributed by atoms with E-state index in [1.165, 1.54) is 13.1 Å². The van der Waals surface area contributed by atoms with Gasteiger partial charge in [-0.3, -0.25) is 15.0 Å². The zero-order valence-corrected chi connectivity index (χ0v) is 17.0. The molecule has 1 fully saturated rings. The quantitative estimate of drug-likeness (QED) is 0.639. The lowest BCUT2D eigenvalue weighted by Gasteiger charge is -2.41. The minimum Gasteiger partial charge on any atom is -0.442 e. The van der Waals surface area contributed by atoms with Crippen molar-refractivity contribution in [1.82, 2.24) is 15.3 Å². The van der Waals surface area contributed by atoms with E-state index in [0.717, 1.165) is 10.6 Å². The van der Waals surface area contributed by atoms with Crippen LogP contribution in [0.2, 0.25) is 0 Å². The molecule has 1 N–H and O–H groups in total. The van der Waals surface area contributed by atoms with E-state index < -0.39 is 17.1 Å². The summed E-state index contributed by atoms with van der Waals surface area (Å²) >= 11 is 0. The third-order valence-corrected chi connectivity index (χ3v) is 4.80. The van der Waals surface area contributed by atoms with Crippen molar-refractivity contribution < 1.29 is 19.1 Å². The number of nitrogens with one attached hydrogen (secondary N) is 1. The first-order chi connectivity index (χ1) is 13.1. The van der Waals surface area contributed by atoms with Gasteiger partial charge in [0, 0.05) is 20.1 Å². The van der Waals surface area contributed by atoms with Crippen LogP contribution in [0, 0.1) is 0 Å². The summed E-state index contributed by atoms with van der Waals surface area (Å²) in [4.78, 5) is 39.1. The van der Waals surface area contributed by atoms with Crippen LogP contribution in [0.25, 0.3) is 0 Å². The molecule has 0 radical (unpaired) electrons. The van der Waals surface area contributed by atoms with Gasteiger partial charge in [-0.05, 0) is 45.3 Å². The third kappa shape index (κ3) is 4.91. The highest BCUT2D eigenvalue weighted by Gasteiger charge is 2.44. The fourth-order valence-electron chi connectivity index (χ4n) is 3.28. The van der Waals surface area contributed by atoms with Crippen LogP contribution in [0.4, 0.5) is 4.79 Å². The van der Waals surface area contributed by atoms with E-state index >= 15 is 0 Å². The van der Waals surface area contributed by atoms with Crippen molar-refractivity contribution in [3.05, 3.63) is 48.6 Å². The maximum Gasteiger partial charge on any atom is 0.428 e. The Morgan fingerprint density at radius 3 is 2.25 bits per heavy atom. The lowest BCUT2D eigenvalue weighted by atomic mass is 9.72. The summed E-state index contributed by atoms with van der Waals surface area (Å²) in [7, 11) is 1.46. The Balaban J connectivity index is 2.21. The van der Waals surface area contributed by atoms with Crippen molar-refractivity contribution in [2.45, 2.75) is 44.6 Å². The largest absolute Gasteiger partial charge is 0.442 e. The smallest absolute Gasteiger partial charge is 0.428 e. The van der Waals surface area contributed by atoms with Crippen LogP contribution in [0.1, 0.15) is 39.2 Å². The third-order valence-electron chi connectivity index (χ3n) is 4.80. The molecule has 7 nitrogen and oxygen atoms in total. The van der Waals surface area contributed by atoms with Gasteiger partial charge in [0.05, 0.1) is 5.41 Å². The van der Waals surface area contributed by atoms with E-state index in [2.05, 4.69) is 12.0 Å². The number of amides is 3. The van der Waals surface area contributed by atoms with E-state index in [1.54, 1.807) is 25.7 Å². The predicted octanol–water partition coefficient (Wildman–Crippen LogP) is 2.63. The van der Waals surface area contributed by atoms with Crippen molar-refractivity contribution in [3.63, 3.8) is 0 Å². The topological polar surface area (TPSA) is 79.0 Å². The Morgan fingerprint density at radius 1 is 1.18 bits per heavy atom. The summed E-state index contributed by atoms with van der Waals surface area (Å²) in [6.07, 6.45) is 1.55. The summed E-state index contributed by atoms with van der Waals surface area (Å²) in [6.45, 7) is 9.68. The van der Waals surface area contributed by atoms with Crippen LogP contribution in [-0.2, 0) is 19.7 Å². The van der Waals surface area contributed by atoms with Gasteiger partial charge in [-0.15, -0.1) is 0 Å². The number of carbonyl (C=O) groups is 3. The minimum atomic E-state index is -0.838. The fraction of sp³-hybridized carbons (Fsp3) is 0.476. The molecule has 0 aliphatic carbocycles. The SMILES string of the molecule is C=CC(=O)N1CCC(C(=O)NN(C)C(=O)OC(C)(C)C)(c2ccccc2)CC1.